The molecule has 94 valence electrons. The summed E-state index contributed by atoms with van der Waals surface area (Å²) in [7, 11) is 0. The van der Waals surface area contributed by atoms with Gasteiger partial charge in [0.25, 0.3) is 0 Å². The van der Waals surface area contributed by atoms with Crippen molar-refractivity contribution >= 4 is 17.4 Å². The molecule has 0 spiro atoms. The fourth-order valence-corrected chi connectivity index (χ4v) is 1.26. The van der Waals surface area contributed by atoms with Crippen LogP contribution in [0.3, 0.4) is 0 Å². The summed E-state index contributed by atoms with van der Waals surface area (Å²) in [5.74, 6) is -0.359. The number of hydrogen-bond acceptors (Lipinski definition) is 6. The van der Waals surface area contributed by atoms with E-state index in [1.165, 1.54) is 6.20 Å². The molecule has 0 aliphatic carbocycles. The van der Waals surface area contributed by atoms with E-state index < -0.39 is 10.8 Å². The molecule has 0 aliphatic rings. The summed E-state index contributed by atoms with van der Waals surface area (Å²) in [6.45, 7) is 0.336. The monoisotopic (exact) mass is 249 g/mol. The highest BCUT2D eigenvalue weighted by Gasteiger charge is 2.15. The van der Waals surface area contributed by atoms with Gasteiger partial charge in [-0.05, 0) is 6.42 Å². The first-order chi connectivity index (χ1) is 8.54. The van der Waals surface area contributed by atoms with E-state index in [0.717, 1.165) is 6.07 Å². The topological polar surface area (TPSA) is 135 Å². The Morgan fingerprint density at radius 1 is 1.67 bits per heavy atom. The molecule has 1 aromatic heterocycles. The molecule has 1 heterocycles. The second-order valence-corrected chi connectivity index (χ2v) is 3.46. The molecule has 18 heavy (non-hydrogen) atoms. The number of pyridine rings is 1. The number of nitro groups is 1. The Morgan fingerprint density at radius 3 is 2.94 bits per heavy atom. The number of rotatable bonds is 6. The first kappa shape index (κ1) is 13.4. The summed E-state index contributed by atoms with van der Waals surface area (Å²) in [6, 6.07) is 2.92. The molecule has 0 radical (unpaired) electrons. The minimum absolute atomic E-state index is 0.0727. The molecule has 8 heteroatoms. The van der Waals surface area contributed by atoms with Crippen LogP contribution in [0.1, 0.15) is 18.4 Å². The molecule has 3 N–H and O–H groups in total. The Bertz CT molecular complexity index is 509. The number of nitrogens with one attached hydrogen (secondary N) is 1. The van der Waals surface area contributed by atoms with Gasteiger partial charge in [-0.25, -0.2) is 4.98 Å². The van der Waals surface area contributed by atoms with E-state index in [2.05, 4.69) is 10.3 Å². The van der Waals surface area contributed by atoms with Gasteiger partial charge in [0.05, 0.1) is 10.5 Å². The third-order valence-electron chi connectivity index (χ3n) is 2.09. The molecule has 1 aromatic rings. The maximum atomic E-state index is 10.8. The van der Waals surface area contributed by atoms with Gasteiger partial charge in [0.2, 0.25) is 11.7 Å². The van der Waals surface area contributed by atoms with Gasteiger partial charge in [-0.1, -0.05) is 0 Å². The molecule has 1 amide bonds. The number of primary amides is 1. The minimum atomic E-state index is -0.621. The molecule has 0 aromatic carbocycles. The number of nitrogens with zero attached hydrogens (tertiary/aromatic N) is 3. The Hall–Kier alpha value is -2.69. The summed E-state index contributed by atoms with van der Waals surface area (Å²) < 4.78 is 0. The van der Waals surface area contributed by atoms with Crippen molar-refractivity contribution in [2.45, 2.75) is 12.8 Å². The van der Waals surface area contributed by atoms with Crippen LogP contribution in [0.2, 0.25) is 0 Å². The van der Waals surface area contributed by atoms with Gasteiger partial charge in [-0.15, -0.1) is 0 Å². The van der Waals surface area contributed by atoms with E-state index >= 15 is 0 Å². The number of amides is 1. The SMILES string of the molecule is N#Cc1cnc(NCCCC(N)=O)c([N+](=O)[O-])c1. The van der Waals surface area contributed by atoms with Crippen molar-refractivity contribution in [2.24, 2.45) is 5.73 Å². The Balaban J connectivity index is 2.73. The van der Waals surface area contributed by atoms with Crippen LogP contribution in [0, 0.1) is 21.4 Å². The number of nitrogens with two attached hydrogens (primary N) is 1. The largest absolute Gasteiger partial charge is 0.370 e. The van der Waals surface area contributed by atoms with Crippen LogP contribution in [0.25, 0.3) is 0 Å². The number of anilines is 1. The van der Waals surface area contributed by atoms with Crippen LogP contribution in [-0.4, -0.2) is 22.4 Å². The third-order valence-corrected chi connectivity index (χ3v) is 2.09. The first-order valence-corrected chi connectivity index (χ1v) is 5.11. The van der Waals surface area contributed by atoms with Crippen LogP contribution < -0.4 is 11.1 Å². The van der Waals surface area contributed by atoms with Crippen LogP contribution in [-0.2, 0) is 4.79 Å². The fourth-order valence-electron chi connectivity index (χ4n) is 1.26. The van der Waals surface area contributed by atoms with Gasteiger partial charge in [0, 0.05) is 25.2 Å². The fraction of sp³-hybridized carbons (Fsp3) is 0.300. The van der Waals surface area contributed by atoms with Crippen molar-refractivity contribution in [1.29, 1.82) is 5.26 Å². The van der Waals surface area contributed by atoms with Crippen molar-refractivity contribution in [3.63, 3.8) is 0 Å². The van der Waals surface area contributed by atoms with Crippen molar-refractivity contribution in [1.82, 2.24) is 4.98 Å². The van der Waals surface area contributed by atoms with Gasteiger partial charge >= 0.3 is 5.69 Å². The Kier molecular flexibility index (Phi) is 4.57. The van der Waals surface area contributed by atoms with Gasteiger partial charge < -0.3 is 11.1 Å². The molecule has 0 bridgehead atoms. The van der Waals surface area contributed by atoms with E-state index in [4.69, 9.17) is 11.0 Å². The van der Waals surface area contributed by atoms with Gasteiger partial charge in [0.1, 0.15) is 6.07 Å². The van der Waals surface area contributed by atoms with Gasteiger partial charge in [0.15, 0.2) is 0 Å². The lowest BCUT2D eigenvalue weighted by Crippen LogP contribution is -2.13. The number of carbonyl (C=O) groups is 1. The lowest BCUT2D eigenvalue weighted by molar-refractivity contribution is -0.384. The van der Waals surface area contributed by atoms with Gasteiger partial charge in [-0.2, -0.15) is 5.26 Å². The van der Waals surface area contributed by atoms with Gasteiger partial charge in [-0.3, -0.25) is 14.9 Å². The second kappa shape index (κ2) is 6.15. The average Bonchev–Trinajstić information content (AvgIpc) is 2.34. The van der Waals surface area contributed by atoms with Crippen LogP contribution in [0.5, 0.6) is 0 Å². The third kappa shape index (κ3) is 3.71. The normalized spacial score (nSPS) is 9.50. The van der Waals surface area contributed by atoms with Crippen molar-refractivity contribution in [3.8, 4) is 6.07 Å². The highest BCUT2D eigenvalue weighted by atomic mass is 16.6. The predicted octanol–water partition coefficient (Wildman–Crippen LogP) is 0.539. The Morgan fingerprint density at radius 2 is 2.39 bits per heavy atom. The molecule has 8 nitrogen and oxygen atoms in total. The van der Waals surface area contributed by atoms with E-state index in [1.807, 2.05) is 0 Å². The molecular formula is C10H11N5O3. The van der Waals surface area contributed by atoms with E-state index in [9.17, 15) is 14.9 Å². The lowest BCUT2D eigenvalue weighted by Gasteiger charge is -2.05. The highest BCUT2D eigenvalue weighted by molar-refractivity contribution is 5.73. The molecule has 0 atom stereocenters. The molecule has 0 unspecified atom stereocenters. The molecule has 0 aliphatic heterocycles. The molecule has 1 rings (SSSR count). The van der Waals surface area contributed by atoms with Crippen molar-refractivity contribution < 1.29 is 9.72 Å². The van der Waals surface area contributed by atoms with E-state index in [0.29, 0.717) is 13.0 Å². The Labute approximate surface area is 103 Å². The van der Waals surface area contributed by atoms with Crippen molar-refractivity contribution in [3.05, 3.63) is 27.9 Å². The first-order valence-electron chi connectivity index (χ1n) is 5.11. The quantitative estimate of drug-likeness (QED) is 0.429. The molecule has 0 fully saturated rings. The zero-order valence-corrected chi connectivity index (χ0v) is 9.42. The smallest absolute Gasteiger partial charge is 0.312 e. The maximum Gasteiger partial charge on any atom is 0.312 e. The minimum Gasteiger partial charge on any atom is -0.370 e. The zero-order valence-electron chi connectivity index (χ0n) is 9.42. The number of carbonyl (C=O) groups excluding carboxylic acids is 1. The molecule has 0 saturated heterocycles. The van der Waals surface area contributed by atoms with Crippen LogP contribution >= 0.6 is 0 Å². The maximum absolute atomic E-state index is 10.8. The molecular weight excluding hydrogens is 238 g/mol. The van der Waals surface area contributed by atoms with Crippen LogP contribution in [0.15, 0.2) is 12.3 Å². The predicted molar refractivity (Wildman–Crippen MR) is 62.5 cm³/mol. The summed E-state index contributed by atoms with van der Waals surface area (Å²) >= 11 is 0. The summed E-state index contributed by atoms with van der Waals surface area (Å²) in [5.41, 5.74) is 4.81. The molecule has 0 saturated carbocycles. The number of nitriles is 1. The van der Waals surface area contributed by atoms with E-state index in [1.54, 1.807) is 6.07 Å². The average molecular weight is 249 g/mol. The zero-order chi connectivity index (χ0) is 13.5. The standard InChI is InChI=1S/C10H11N5O3/c11-5-7-4-8(15(17)18)10(14-6-7)13-3-1-2-9(12)16/h4,6H,1-3H2,(H2,12,16)(H,13,14). The highest BCUT2D eigenvalue weighted by Crippen LogP contribution is 2.22. The summed E-state index contributed by atoms with van der Waals surface area (Å²) in [4.78, 5) is 24.5. The lowest BCUT2D eigenvalue weighted by atomic mass is 10.2. The van der Waals surface area contributed by atoms with Crippen molar-refractivity contribution in [2.75, 3.05) is 11.9 Å². The van der Waals surface area contributed by atoms with E-state index in [-0.39, 0.29) is 23.5 Å². The second-order valence-electron chi connectivity index (χ2n) is 3.46. The number of aromatic nitrogens is 1. The summed E-state index contributed by atoms with van der Waals surface area (Å²) in [6.07, 6.45) is 1.88. The summed E-state index contributed by atoms with van der Waals surface area (Å²) in [5, 5.41) is 22.1. The number of hydrogen-bond donors (Lipinski definition) is 2. The van der Waals surface area contributed by atoms with Crippen LogP contribution in [0.4, 0.5) is 11.5 Å².